The van der Waals surface area contributed by atoms with Gasteiger partial charge in [-0.3, -0.25) is 4.79 Å². The highest BCUT2D eigenvalue weighted by molar-refractivity contribution is 9.10. The molecular weight excluding hydrogens is 294 g/mol. The van der Waals surface area contributed by atoms with Crippen LogP contribution in [-0.4, -0.2) is 23.2 Å². The van der Waals surface area contributed by atoms with Gasteiger partial charge in [0, 0.05) is 10.0 Å². The third-order valence-electron chi connectivity index (χ3n) is 3.48. The molecule has 0 heterocycles. The summed E-state index contributed by atoms with van der Waals surface area (Å²) in [5.74, 6) is -0.110. The highest BCUT2D eigenvalue weighted by Crippen LogP contribution is 2.20. The van der Waals surface area contributed by atoms with Crippen LogP contribution >= 0.6 is 15.9 Å². The predicted molar refractivity (Wildman–Crippen MR) is 74.6 cm³/mol. The monoisotopic (exact) mass is 311 g/mol. The highest BCUT2D eigenvalue weighted by atomic mass is 79.9. The lowest BCUT2D eigenvalue weighted by atomic mass is 9.92. The van der Waals surface area contributed by atoms with Crippen molar-refractivity contribution < 1.29 is 9.90 Å². The third-order valence-corrected chi connectivity index (χ3v) is 4.33. The number of carbonyl (C=O) groups excluding carboxylic acids is 1. The van der Waals surface area contributed by atoms with E-state index in [-0.39, 0.29) is 11.9 Å². The molecule has 1 fully saturated rings. The summed E-state index contributed by atoms with van der Waals surface area (Å²) in [7, 11) is 0. The molecular formula is C14H18BrNO2. The van der Waals surface area contributed by atoms with Crippen LogP contribution in [0.3, 0.4) is 0 Å². The van der Waals surface area contributed by atoms with Crippen LogP contribution in [0, 0.1) is 6.92 Å². The van der Waals surface area contributed by atoms with Gasteiger partial charge in [-0.25, -0.2) is 0 Å². The van der Waals surface area contributed by atoms with Gasteiger partial charge in [0.15, 0.2) is 0 Å². The van der Waals surface area contributed by atoms with Gasteiger partial charge in [-0.2, -0.15) is 0 Å². The quantitative estimate of drug-likeness (QED) is 0.882. The van der Waals surface area contributed by atoms with Crippen LogP contribution in [0.15, 0.2) is 22.7 Å². The summed E-state index contributed by atoms with van der Waals surface area (Å²) in [4.78, 5) is 12.1. The number of carbonyl (C=O) groups is 1. The van der Waals surface area contributed by atoms with Crippen molar-refractivity contribution in [3.05, 3.63) is 33.8 Å². The summed E-state index contributed by atoms with van der Waals surface area (Å²) >= 11 is 3.42. The van der Waals surface area contributed by atoms with E-state index in [1.165, 1.54) is 0 Å². The van der Waals surface area contributed by atoms with E-state index in [2.05, 4.69) is 21.2 Å². The largest absolute Gasteiger partial charge is 0.391 e. The fourth-order valence-electron chi connectivity index (χ4n) is 2.27. The standard InChI is InChI=1S/C14H18BrNO2/c1-9-6-7-10(8-11(9)15)14(18)16-12-4-2-3-5-13(12)17/h6-8,12-13,17H,2-5H2,1H3,(H,16,18)/t12-,13-/m0/s1. The van der Waals surface area contributed by atoms with E-state index in [0.717, 1.165) is 35.7 Å². The van der Waals surface area contributed by atoms with Gasteiger partial charge in [0.05, 0.1) is 12.1 Å². The van der Waals surface area contributed by atoms with Gasteiger partial charge >= 0.3 is 0 Å². The van der Waals surface area contributed by atoms with E-state index in [0.29, 0.717) is 5.56 Å². The van der Waals surface area contributed by atoms with Crippen molar-refractivity contribution in [2.24, 2.45) is 0 Å². The molecule has 0 spiro atoms. The summed E-state index contributed by atoms with van der Waals surface area (Å²) in [5, 5.41) is 12.8. The normalized spacial score (nSPS) is 23.7. The minimum absolute atomic E-state index is 0.105. The maximum Gasteiger partial charge on any atom is 0.251 e. The molecule has 1 saturated carbocycles. The Balaban J connectivity index is 2.04. The zero-order valence-electron chi connectivity index (χ0n) is 10.4. The Morgan fingerprint density at radius 1 is 1.39 bits per heavy atom. The molecule has 0 unspecified atom stereocenters. The van der Waals surface area contributed by atoms with Gasteiger partial charge in [-0.1, -0.05) is 34.8 Å². The summed E-state index contributed by atoms with van der Waals surface area (Å²) in [6.45, 7) is 1.98. The van der Waals surface area contributed by atoms with Crippen molar-refractivity contribution in [3.8, 4) is 0 Å². The molecule has 4 heteroatoms. The number of aliphatic hydroxyl groups is 1. The first kappa shape index (κ1) is 13.6. The first-order chi connectivity index (χ1) is 8.58. The van der Waals surface area contributed by atoms with Gasteiger partial charge in [0.25, 0.3) is 5.91 Å². The highest BCUT2D eigenvalue weighted by Gasteiger charge is 2.24. The molecule has 0 bridgehead atoms. The molecule has 0 saturated heterocycles. The van der Waals surface area contributed by atoms with Crippen molar-refractivity contribution in [1.29, 1.82) is 0 Å². The lowest BCUT2D eigenvalue weighted by molar-refractivity contribution is 0.0717. The number of rotatable bonds is 2. The molecule has 3 nitrogen and oxygen atoms in total. The predicted octanol–water partition coefficient (Wildman–Crippen LogP) is 2.79. The molecule has 1 amide bonds. The van der Waals surface area contributed by atoms with E-state index in [1.54, 1.807) is 0 Å². The maximum absolute atomic E-state index is 12.1. The zero-order chi connectivity index (χ0) is 13.1. The Bertz CT molecular complexity index is 447. The third kappa shape index (κ3) is 3.12. The zero-order valence-corrected chi connectivity index (χ0v) is 12.0. The van der Waals surface area contributed by atoms with E-state index in [9.17, 15) is 9.90 Å². The molecule has 2 atom stereocenters. The van der Waals surface area contributed by atoms with Gasteiger partial charge < -0.3 is 10.4 Å². The topological polar surface area (TPSA) is 49.3 Å². The van der Waals surface area contributed by atoms with Crippen molar-refractivity contribution >= 4 is 21.8 Å². The summed E-state index contributed by atoms with van der Waals surface area (Å²) < 4.78 is 0.930. The van der Waals surface area contributed by atoms with Crippen molar-refractivity contribution in [2.75, 3.05) is 0 Å². The SMILES string of the molecule is Cc1ccc(C(=O)N[C@H]2CCCC[C@@H]2O)cc1Br. The second kappa shape index (κ2) is 5.85. The van der Waals surface area contributed by atoms with Gasteiger partial charge in [0.1, 0.15) is 0 Å². The number of benzene rings is 1. The van der Waals surface area contributed by atoms with Crippen LogP contribution in [0.4, 0.5) is 0 Å². The molecule has 18 heavy (non-hydrogen) atoms. The van der Waals surface area contributed by atoms with E-state index >= 15 is 0 Å². The Morgan fingerprint density at radius 3 is 2.78 bits per heavy atom. The molecule has 0 radical (unpaired) electrons. The minimum atomic E-state index is -0.406. The van der Waals surface area contributed by atoms with Crippen LogP contribution in [0.1, 0.15) is 41.6 Å². The number of aliphatic hydroxyl groups excluding tert-OH is 1. The Hall–Kier alpha value is -0.870. The molecule has 0 aliphatic heterocycles. The number of nitrogens with one attached hydrogen (secondary N) is 1. The second-order valence-electron chi connectivity index (χ2n) is 4.90. The van der Waals surface area contributed by atoms with Crippen LogP contribution in [0.5, 0.6) is 0 Å². The maximum atomic E-state index is 12.1. The van der Waals surface area contributed by atoms with Crippen LogP contribution in [0.2, 0.25) is 0 Å². The van der Waals surface area contributed by atoms with Crippen molar-refractivity contribution in [3.63, 3.8) is 0 Å². The average molecular weight is 312 g/mol. The van der Waals surface area contributed by atoms with E-state index in [1.807, 2.05) is 25.1 Å². The number of halogens is 1. The first-order valence-electron chi connectivity index (χ1n) is 6.33. The minimum Gasteiger partial charge on any atom is -0.391 e. The molecule has 2 rings (SSSR count). The smallest absolute Gasteiger partial charge is 0.251 e. The lowest BCUT2D eigenvalue weighted by Gasteiger charge is -2.28. The van der Waals surface area contributed by atoms with Gasteiger partial charge in [0.2, 0.25) is 0 Å². The molecule has 1 aliphatic carbocycles. The van der Waals surface area contributed by atoms with E-state index in [4.69, 9.17) is 0 Å². The number of aryl methyl sites for hydroxylation is 1. The van der Waals surface area contributed by atoms with Crippen LogP contribution in [-0.2, 0) is 0 Å². The Kier molecular flexibility index (Phi) is 4.40. The molecule has 1 aliphatic rings. The number of hydrogen-bond acceptors (Lipinski definition) is 2. The van der Waals surface area contributed by atoms with E-state index < -0.39 is 6.10 Å². The van der Waals surface area contributed by atoms with Gasteiger partial charge in [-0.15, -0.1) is 0 Å². The Morgan fingerprint density at radius 2 is 2.11 bits per heavy atom. The second-order valence-corrected chi connectivity index (χ2v) is 5.75. The van der Waals surface area contributed by atoms with Gasteiger partial charge in [-0.05, 0) is 37.5 Å². The van der Waals surface area contributed by atoms with Crippen molar-refractivity contribution in [2.45, 2.75) is 44.8 Å². The van der Waals surface area contributed by atoms with Crippen LogP contribution in [0.25, 0.3) is 0 Å². The fourth-order valence-corrected chi connectivity index (χ4v) is 2.64. The molecule has 98 valence electrons. The Labute approximate surface area is 116 Å². The summed E-state index contributed by atoms with van der Waals surface area (Å²) in [5.41, 5.74) is 1.73. The van der Waals surface area contributed by atoms with Crippen LogP contribution < -0.4 is 5.32 Å². The number of hydrogen-bond donors (Lipinski definition) is 2. The number of amides is 1. The average Bonchev–Trinajstić information content (AvgIpc) is 2.35. The molecule has 1 aromatic carbocycles. The first-order valence-corrected chi connectivity index (χ1v) is 7.12. The van der Waals surface area contributed by atoms with Crippen molar-refractivity contribution in [1.82, 2.24) is 5.32 Å². The lowest BCUT2D eigenvalue weighted by Crippen LogP contribution is -2.45. The summed E-state index contributed by atoms with van der Waals surface area (Å²) in [6.07, 6.45) is 3.35. The summed E-state index contributed by atoms with van der Waals surface area (Å²) in [6, 6.07) is 5.44. The fraction of sp³-hybridized carbons (Fsp3) is 0.500. The molecule has 0 aromatic heterocycles. The molecule has 2 N–H and O–H groups in total. The molecule has 1 aromatic rings.